The lowest BCUT2D eigenvalue weighted by atomic mass is 10.1. The number of amides is 1. The molecule has 1 aliphatic rings. The van der Waals surface area contributed by atoms with E-state index >= 15 is 0 Å². The van der Waals surface area contributed by atoms with Crippen LogP contribution in [0.2, 0.25) is 16.6 Å². The zero-order valence-electron chi connectivity index (χ0n) is 17.3. The highest BCUT2D eigenvalue weighted by molar-refractivity contribution is 6.77. The minimum atomic E-state index is -1.84. The molecular weight excluding hydrogens is 318 g/mol. The lowest BCUT2D eigenvalue weighted by Gasteiger charge is -2.46. The van der Waals surface area contributed by atoms with Crippen molar-refractivity contribution in [1.82, 2.24) is 4.90 Å². The first-order chi connectivity index (χ1) is 10.9. The molecule has 1 heterocycles. The van der Waals surface area contributed by atoms with Crippen LogP contribution in [-0.2, 0) is 9.16 Å². The number of rotatable bonds is 5. The molecule has 0 aromatic heterocycles. The van der Waals surface area contributed by atoms with E-state index in [2.05, 4.69) is 41.5 Å². The summed E-state index contributed by atoms with van der Waals surface area (Å²) in [5.41, 5.74) is 1.36. The predicted molar refractivity (Wildman–Crippen MR) is 103 cm³/mol. The molecule has 142 valence electrons. The van der Waals surface area contributed by atoms with Crippen molar-refractivity contribution in [1.29, 1.82) is 0 Å². The van der Waals surface area contributed by atoms with Gasteiger partial charge in [-0.25, -0.2) is 4.79 Å². The highest BCUT2D eigenvalue weighted by Crippen LogP contribution is 2.43. The Hall–Kier alpha value is -0.553. The van der Waals surface area contributed by atoms with Gasteiger partial charge in [0.2, 0.25) is 8.32 Å². The maximum Gasteiger partial charge on any atom is 0.410 e. The van der Waals surface area contributed by atoms with E-state index in [1.807, 2.05) is 25.7 Å². The molecular formula is C19H39NO3Si. The van der Waals surface area contributed by atoms with Gasteiger partial charge in [-0.15, -0.1) is 0 Å². The van der Waals surface area contributed by atoms with Gasteiger partial charge in [-0.05, 0) is 50.2 Å². The zero-order chi connectivity index (χ0) is 18.7. The van der Waals surface area contributed by atoms with Gasteiger partial charge in [0.15, 0.2) is 0 Å². The molecule has 4 nitrogen and oxygen atoms in total. The van der Waals surface area contributed by atoms with Gasteiger partial charge in [0.25, 0.3) is 0 Å². The summed E-state index contributed by atoms with van der Waals surface area (Å²) in [5, 5.41) is 0. The summed E-state index contributed by atoms with van der Waals surface area (Å²) in [5.74, 6) is 0. The third-order valence-electron chi connectivity index (χ3n) is 5.17. The summed E-state index contributed by atoms with van der Waals surface area (Å²) < 4.78 is 12.3. The Labute approximate surface area is 150 Å². The van der Waals surface area contributed by atoms with Gasteiger partial charge in [0, 0.05) is 19.2 Å². The molecule has 0 N–H and O–H groups in total. The fraction of sp³-hybridized carbons (Fsp3) is 0.947. The Morgan fingerprint density at radius 1 is 0.958 bits per heavy atom. The van der Waals surface area contributed by atoms with Gasteiger partial charge < -0.3 is 14.1 Å². The van der Waals surface area contributed by atoms with Crippen LogP contribution >= 0.6 is 0 Å². The highest BCUT2D eigenvalue weighted by Gasteiger charge is 2.47. The molecule has 0 aromatic rings. The minimum Gasteiger partial charge on any atom is -0.444 e. The number of hydrogen-bond donors (Lipinski definition) is 0. The Kier molecular flexibility index (Phi) is 7.36. The molecule has 1 aliphatic heterocycles. The largest absolute Gasteiger partial charge is 0.444 e. The molecule has 1 amide bonds. The van der Waals surface area contributed by atoms with Crippen molar-refractivity contribution < 1.29 is 14.0 Å². The molecule has 0 aliphatic carbocycles. The van der Waals surface area contributed by atoms with Crippen LogP contribution in [0.25, 0.3) is 0 Å². The number of carbonyl (C=O) groups is 1. The monoisotopic (exact) mass is 357 g/mol. The van der Waals surface area contributed by atoms with Gasteiger partial charge in [-0.1, -0.05) is 41.5 Å². The first-order valence-electron chi connectivity index (χ1n) is 9.55. The fourth-order valence-corrected chi connectivity index (χ4v) is 9.81. The van der Waals surface area contributed by atoms with Crippen LogP contribution < -0.4 is 0 Å². The Bertz CT molecular complexity index is 386. The summed E-state index contributed by atoms with van der Waals surface area (Å²) in [4.78, 5) is 14.0. The third kappa shape index (κ3) is 5.22. The average Bonchev–Trinajstić information content (AvgIpc) is 2.42. The Morgan fingerprint density at radius 3 is 1.71 bits per heavy atom. The molecule has 0 saturated carbocycles. The number of ether oxygens (including phenoxy) is 1. The Balaban J connectivity index is 2.69. The van der Waals surface area contributed by atoms with Crippen LogP contribution in [0.4, 0.5) is 4.79 Å². The van der Waals surface area contributed by atoms with Crippen molar-refractivity contribution in [3.63, 3.8) is 0 Å². The van der Waals surface area contributed by atoms with E-state index in [-0.39, 0.29) is 12.2 Å². The summed E-state index contributed by atoms with van der Waals surface area (Å²) in [6.07, 6.45) is 1.92. The molecule has 0 unspecified atom stereocenters. The maximum absolute atomic E-state index is 12.2. The molecule has 1 saturated heterocycles. The minimum absolute atomic E-state index is 0.193. The normalized spacial score (nSPS) is 17.9. The number of hydrogen-bond acceptors (Lipinski definition) is 3. The molecule has 5 heteroatoms. The van der Waals surface area contributed by atoms with Crippen molar-refractivity contribution in [2.45, 2.75) is 103 Å². The van der Waals surface area contributed by atoms with E-state index in [4.69, 9.17) is 9.16 Å². The van der Waals surface area contributed by atoms with Gasteiger partial charge in [-0.3, -0.25) is 0 Å². The average molecular weight is 358 g/mol. The molecule has 1 rings (SSSR count). The van der Waals surface area contributed by atoms with E-state index in [1.165, 1.54) is 0 Å². The number of piperidine rings is 1. The quantitative estimate of drug-likeness (QED) is 0.603. The SMILES string of the molecule is CC(C)[Si](OC1CCN(C(=O)OC(C)(C)C)CC1)(C(C)C)C(C)C. The number of likely N-dealkylation sites (tertiary alicyclic amines) is 1. The molecule has 0 spiro atoms. The van der Waals surface area contributed by atoms with E-state index < -0.39 is 13.9 Å². The zero-order valence-corrected chi connectivity index (χ0v) is 18.3. The van der Waals surface area contributed by atoms with Gasteiger partial charge in [0.1, 0.15) is 5.60 Å². The van der Waals surface area contributed by atoms with Crippen molar-refractivity contribution in [3.05, 3.63) is 0 Å². The third-order valence-corrected chi connectivity index (χ3v) is 11.3. The molecule has 0 bridgehead atoms. The number of nitrogens with zero attached hydrogens (tertiary/aromatic N) is 1. The van der Waals surface area contributed by atoms with E-state index in [0.29, 0.717) is 16.6 Å². The second kappa shape index (κ2) is 8.22. The molecule has 24 heavy (non-hydrogen) atoms. The van der Waals surface area contributed by atoms with Crippen molar-refractivity contribution >= 4 is 14.4 Å². The van der Waals surface area contributed by atoms with Crippen molar-refractivity contribution in [2.24, 2.45) is 0 Å². The van der Waals surface area contributed by atoms with Crippen LogP contribution in [0.1, 0.15) is 75.2 Å². The Morgan fingerprint density at radius 2 is 1.38 bits per heavy atom. The predicted octanol–water partition coefficient (Wildman–Crippen LogP) is 5.58. The molecule has 0 radical (unpaired) electrons. The topological polar surface area (TPSA) is 38.8 Å². The number of carbonyl (C=O) groups excluding carboxylic acids is 1. The smallest absolute Gasteiger partial charge is 0.410 e. The first kappa shape index (κ1) is 21.5. The summed E-state index contributed by atoms with van der Waals surface area (Å²) in [6.45, 7) is 21.1. The van der Waals surface area contributed by atoms with E-state index in [1.54, 1.807) is 0 Å². The summed E-state index contributed by atoms with van der Waals surface area (Å²) >= 11 is 0. The van der Waals surface area contributed by atoms with Crippen molar-refractivity contribution in [3.8, 4) is 0 Å². The van der Waals surface area contributed by atoms with Crippen LogP contribution in [0.5, 0.6) is 0 Å². The van der Waals surface area contributed by atoms with Crippen molar-refractivity contribution in [2.75, 3.05) is 13.1 Å². The first-order valence-corrected chi connectivity index (χ1v) is 11.7. The lowest BCUT2D eigenvalue weighted by Crippen LogP contribution is -2.52. The van der Waals surface area contributed by atoms with Crippen LogP contribution in [-0.4, -0.2) is 44.1 Å². The summed E-state index contributed by atoms with van der Waals surface area (Å²) in [7, 11) is -1.84. The van der Waals surface area contributed by atoms with Crippen LogP contribution in [0.15, 0.2) is 0 Å². The van der Waals surface area contributed by atoms with E-state index in [9.17, 15) is 4.79 Å². The molecule has 0 aromatic carbocycles. The standard InChI is InChI=1S/C19H39NO3Si/c1-14(2)24(15(3)4,16(5)6)23-17-10-12-20(13-11-17)18(21)22-19(7,8)9/h14-17H,10-13H2,1-9H3. The molecule has 0 atom stereocenters. The second-order valence-electron chi connectivity index (χ2n) is 9.10. The van der Waals surface area contributed by atoms with E-state index in [0.717, 1.165) is 25.9 Å². The van der Waals surface area contributed by atoms with Gasteiger partial charge in [0.05, 0.1) is 0 Å². The van der Waals surface area contributed by atoms with Crippen LogP contribution in [0.3, 0.4) is 0 Å². The second-order valence-corrected chi connectivity index (χ2v) is 14.5. The van der Waals surface area contributed by atoms with Gasteiger partial charge >= 0.3 is 6.09 Å². The maximum atomic E-state index is 12.2. The van der Waals surface area contributed by atoms with Gasteiger partial charge in [-0.2, -0.15) is 0 Å². The summed E-state index contributed by atoms with van der Waals surface area (Å²) in [6, 6.07) is 0. The lowest BCUT2D eigenvalue weighted by molar-refractivity contribution is 0.0110. The highest BCUT2D eigenvalue weighted by atomic mass is 28.4. The molecule has 1 fully saturated rings. The van der Waals surface area contributed by atoms with Crippen LogP contribution in [0, 0.1) is 0 Å². The fourth-order valence-electron chi connectivity index (χ4n) is 4.18.